The molecule has 0 aliphatic carbocycles. The number of thioether (sulfide) groups is 1. The molecule has 138 valence electrons. The molecule has 8 heteroatoms. The van der Waals surface area contributed by atoms with Crippen LogP contribution in [-0.2, 0) is 25.1 Å². The van der Waals surface area contributed by atoms with E-state index in [-0.39, 0.29) is 0 Å². The Kier molecular flexibility index (Phi) is 5.64. The third kappa shape index (κ3) is 4.28. The van der Waals surface area contributed by atoms with Gasteiger partial charge in [-0.05, 0) is 30.4 Å². The molecule has 3 heterocycles. The van der Waals surface area contributed by atoms with Gasteiger partial charge in [-0.1, -0.05) is 53.3 Å². The second-order valence-corrected chi connectivity index (χ2v) is 7.80. The van der Waals surface area contributed by atoms with Gasteiger partial charge in [-0.2, -0.15) is 4.98 Å². The van der Waals surface area contributed by atoms with Gasteiger partial charge < -0.3 is 9.09 Å². The minimum Gasteiger partial charge on any atom is -0.338 e. The van der Waals surface area contributed by atoms with Gasteiger partial charge in [-0.25, -0.2) is 0 Å². The van der Waals surface area contributed by atoms with Crippen LogP contribution in [0.2, 0.25) is 0 Å². The van der Waals surface area contributed by atoms with Crippen LogP contribution in [0.4, 0.5) is 0 Å². The first-order chi connectivity index (χ1) is 13.3. The number of aromatic nitrogens is 5. The van der Waals surface area contributed by atoms with Crippen molar-refractivity contribution in [3.63, 3.8) is 0 Å². The predicted octanol–water partition coefficient (Wildman–Crippen LogP) is 4.49. The van der Waals surface area contributed by atoms with Gasteiger partial charge in [0.1, 0.15) is 5.82 Å². The first-order valence-electron chi connectivity index (χ1n) is 8.78. The van der Waals surface area contributed by atoms with Crippen LogP contribution in [-0.4, -0.2) is 24.9 Å². The molecule has 0 unspecified atom stereocenters. The summed E-state index contributed by atoms with van der Waals surface area (Å²) in [7, 11) is 0. The molecule has 1 aromatic carbocycles. The van der Waals surface area contributed by atoms with Crippen molar-refractivity contribution in [1.82, 2.24) is 24.9 Å². The molecule has 0 radical (unpaired) electrons. The Labute approximate surface area is 165 Å². The summed E-state index contributed by atoms with van der Waals surface area (Å²) in [6, 6.07) is 14.4. The molecule has 0 aliphatic heterocycles. The zero-order valence-electron chi connectivity index (χ0n) is 14.9. The van der Waals surface area contributed by atoms with Gasteiger partial charge in [-0.3, -0.25) is 0 Å². The van der Waals surface area contributed by atoms with Crippen LogP contribution in [0.5, 0.6) is 0 Å². The van der Waals surface area contributed by atoms with E-state index in [1.54, 1.807) is 23.1 Å². The molecule has 4 aromatic rings. The number of hydrogen-bond acceptors (Lipinski definition) is 7. The lowest BCUT2D eigenvalue weighted by atomic mass is 10.1. The Morgan fingerprint density at radius 3 is 2.74 bits per heavy atom. The molecule has 0 spiro atoms. The predicted molar refractivity (Wildman–Crippen MR) is 107 cm³/mol. The summed E-state index contributed by atoms with van der Waals surface area (Å²) in [6.45, 7) is 2.95. The highest BCUT2D eigenvalue weighted by Gasteiger charge is 2.14. The molecular weight excluding hydrogens is 378 g/mol. The lowest BCUT2D eigenvalue weighted by molar-refractivity contribution is 0.391. The van der Waals surface area contributed by atoms with Gasteiger partial charge in [0, 0.05) is 13.0 Å². The summed E-state index contributed by atoms with van der Waals surface area (Å²) in [5.74, 6) is 2.82. The molecule has 0 N–H and O–H groups in total. The summed E-state index contributed by atoms with van der Waals surface area (Å²) in [5, 5.41) is 15.7. The van der Waals surface area contributed by atoms with Crippen LogP contribution in [0, 0.1) is 0 Å². The first-order valence-corrected chi connectivity index (χ1v) is 10.6. The summed E-state index contributed by atoms with van der Waals surface area (Å²) < 4.78 is 7.52. The molecule has 0 fully saturated rings. The molecule has 0 saturated carbocycles. The minimum absolute atomic E-state index is 0.579. The molecule has 27 heavy (non-hydrogen) atoms. The summed E-state index contributed by atoms with van der Waals surface area (Å²) in [6.07, 6.45) is 1.83. The SMILES string of the molecule is CCn1c(CCc2ccccc2)nnc1SCc1nc(-c2cccs2)no1. The molecule has 0 amide bonds. The Morgan fingerprint density at radius 1 is 1.07 bits per heavy atom. The second-order valence-electron chi connectivity index (χ2n) is 5.91. The van der Waals surface area contributed by atoms with E-state index in [0.717, 1.165) is 35.2 Å². The van der Waals surface area contributed by atoms with E-state index in [1.165, 1.54) is 5.56 Å². The van der Waals surface area contributed by atoms with Crippen LogP contribution in [0.1, 0.15) is 24.2 Å². The lowest BCUT2D eigenvalue weighted by Crippen LogP contribution is -2.05. The van der Waals surface area contributed by atoms with Gasteiger partial charge in [0.2, 0.25) is 11.7 Å². The third-order valence-electron chi connectivity index (χ3n) is 4.12. The monoisotopic (exact) mass is 397 g/mol. The fourth-order valence-electron chi connectivity index (χ4n) is 2.77. The van der Waals surface area contributed by atoms with Crippen LogP contribution in [0.25, 0.3) is 10.7 Å². The maximum Gasteiger partial charge on any atom is 0.237 e. The Hall–Kier alpha value is -2.45. The number of thiophene rings is 1. The van der Waals surface area contributed by atoms with Crippen molar-refractivity contribution in [3.8, 4) is 10.7 Å². The van der Waals surface area contributed by atoms with E-state index in [0.29, 0.717) is 17.5 Å². The maximum absolute atomic E-state index is 5.36. The van der Waals surface area contributed by atoms with Crippen molar-refractivity contribution < 1.29 is 4.52 Å². The molecule has 6 nitrogen and oxygen atoms in total. The largest absolute Gasteiger partial charge is 0.338 e. The Balaban J connectivity index is 1.40. The van der Waals surface area contributed by atoms with E-state index in [9.17, 15) is 0 Å². The fourth-order valence-corrected chi connectivity index (χ4v) is 4.28. The number of rotatable bonds is 8. The van der Waals surface area contributed by atoms with Crippen molar-refractivity contribution in [1.29, 1.82) is 0 Å². The summed E-state index contributed by atoms with van der Waals surface area (Å²) >= 11 is 3.17. The van der Waals surface area contributed by atoms with Gasteiger partial charge in [0.15, 0.2) is 5.16 Å². The Bertz CT molecular complexity index is 979. The van der Waals surface area contributed by atoms with E-state index in [4.69, 9.17) is 4.52 Å². The normalized spacial score (nSPS) is 11.1. The van der Waals surface area contributed by atoms with Gasteiger partial charge >= 0.3 is 0 Å². The number of nitrogens with zero attached hydrogens (tertiary/aromatic N) is 5. The first kappa shape index (κ1) is 17.9. The molecular formula is C19H19N5OS2. The smallest absolute Gasteiger partial charge is 0.237 e. The van der Waals surface area contributed by atoms with E-state index < -0.39 is 0 Å². The molecule has 4 rings (SSSR count). The van der Waals surface area contributed by atoms with Crippen molar-refractivity contribution in [3.05, 3.63) is 65.1 Å². The summed E-state index contributed by atoms with van der Waals surface area (Å²) in [4.78, 5) is 5.47. The van der Waals surface area contributed by atoms with E-state index >= 15 is 0 Å². The van der Waals surface area contributed by atoms with Gasteiger partial charge in [-0.15, -0.1) is 21.5 Å². The molecule has 0 atom stereocenters. The van der Waals surface area contributed by atoms with Crippen LogP contribution in [0.15, 0.2) is 57.5 Å². The second kappa shape index (κ2) is 8.49. The highest BCUT2D eigenvalue weighted by molar-refractivity contribution is 7.98. The van der Waals surface area contributed by atoms with Gasteiger partial charge in [0.25, 0.3) is 0 Å². The third-order valence-corrected chi connectivity index (χ3v) is 5.94. The van der Waals surface area contributed by atoms with Crippen LogP contribution in [0.3, 0.4) is 0 Å². The highest BCUT2D eigenvalue weighted by Crippen LogP contribution is 2.25. The zero-order valence-corrected chi connectivity index (χ0v) is 16.5. The van der Waals surface area contributed by atoms with E-state index in [2.05, 4.69) is 56.1 Å². The number of hydrogen-bond donors (Lipinski definition) is 0. The van der Waals surface area contributed by atoms with Crippen LogP contribution >= 0.6 is 23.1 Å². The molecule has 0 bridgehead atoms. The van der Waals surface area contributed by atoms with Crippen molar-refractivity contribution in [2.45, 2.75) is 37.2 Å². The quantitative estimate of drug-likeness (QED) is 0.408. The standard InChI is InChI=1S/C19H19N5OS2/c1-2-24-16(11-10-14-7-4-3-5-8-14)21-22-19(24)27-13-17-20-18(23-25-17)15-9-6-12-26-15/h3-9,12H,2,10-11,13H2,1H3. The average Bonchev–Trinajstić information content (AvgIpc) is 3.45. The highest BCUT2D eigenvalue weighted by atomic mass is 32.2. The van der Waals surface area contributed by atoms with Crippen molar-refractivity contribution in [2.75, 3.05) is 0 Å². The van der Waals surface area contributed by atoms with Crippen molar-refractivity contribution >= 4 is 23.1 Å². The molecule has 3 aromatic heterocycles. The minimum atomic E-state index is 0.579. The number of aryl methyl sites for hydroxylation is 2. The molecule has 0 saturated heterocycles. The maximum atomic E-state index is 5.36. The topological polar surface area (TPSA) is 69.6 Å². The summed E-state index contributed by atoms with van der Waals surface area (Å²) in [5.41, 5.74) is 1.31. The van der Waals surface area contributed by atoms with Gasteiger partial charge in [0.05, 0.1) is 10.6 Å². The molecule has 0 aliphatic rings. The fraction of sp³-hybridized carbons (Fsp3) is 0.263. The Morgan fingerprint density at radius 2 is 1.96 bits per heavy atom. The lowest BCUT2D eigenvalue weighted by Gasteiger charge is -2.06. The van der Waals surface area contributed by atoms with Crippen LogP contribution < -0.4 is 0 Å². The van der Waals surface area contributed by atoms with E-state index in [1.807, 2.05) is 23.6 Å². The van der Waals surface area contributed by atoms with Crippen molar-refractivity contribution in [2.24, 2.45) is 0 Å². The zero-order chi connectivity index (χ0) is 18.5. The number of benzene rings is 1. The average molecular weight is 398 g/mol.